The first-order chi connectivity index (χ1) is 18.6. The van der Waals surface area contributed by atoms with E-state index in [0.717, 1.165) is 30.5 Å². The van der Waals surface area contributed by atoms with Gasteiger partial charge in [-0.3, -0.25) is 14.9 Å². The molecule has 4 aromatic rings. The lowest BCUT2D eigenvalue weighted by Gasteiger charge is -2.33. The van der Waals surface area contributed by atoms with Gasteiger partial charge in [0.1, 0.15) is 5.00 Å². The molecule has 39 heavy (non-hydrogen) atoms. The van der Waals surface area contributed by atoms with Gasteiger partial charge in [0.05, 0.1) is 28.1 Å². The number of non-ortho nitro benzene ring substituents is 1. The maximum absolute atomic E-state index is 13.6. The molecule has 0 aliphatic heterocycles. The minimum Gasteiger partial charge on any atom is -0.322 e. The van der Waals surface area contributed by atoms with E-state index < -0.39 is 4.92 Å². The first kappa shape index (κ1) is 26.8. The highest BCUT2D eigenvalue weighted by Gasteiger charge is 2.33. The zero-order chi connectivity index (χ0) is 27.7. The number of carbonyl (C=O) groups is 1. The van der Waals surface area contributed by atoms with Crippen molar-refractivity contribution in [2.45, 2.75) is 40.0 Å². The first-order valence-corrected chi connectivity index (χ1v) is 14.0. The Balaban J connectivity index is 1.51. The zero-order valence-electron chi connectivity index (χ0n) is 22.0. The average molecular weight is 561 g/mol. The monoisotopic (exact) mass is 560 g/mol. The molecule has 0 unspecified atom stereocenters. The van der Waals surface area contributed by atoms with Crippen LogP contribution in [0.15, 0.2) is 71.9 Å². The number of fused-ring (bicyclic) bond motifs is 1. The Morgan fingerprint density at radius 2 is 1.95 bits per heavy atom. The fraction of sp³-hybridized carbons (Fsp3) is 0.267. The Morgan fingerprint density at radius 3 is 2.67 bits per heavy atom. The summed E-state index contributed by atoms with van der Waals surface area (Å²) in [5.41, 5.74) is 3.96. The number of halogens is 1. The number of nitro benzene ring substituents is 1. The van der Waals surface area contributed by atoms with E-state index in [0.29, 0.717) is 32.9 Å². The van der Waals surface area contributed by atoms with Gasteiger partial charge in [0.25, 0.3) is 11.6 Å². The number of amides is 1. The van der Waals surface area contributed by atoms with Crippen LogP contribution >= 0.6 is 22.9 Å². The fourth-order valence-corrected chi connectivity index (χ4v) is 6.37. The summed E-state index contributed by atoms with van der Waals surface area (Å²) in [5.74, 6) is 0.337. The molecule has 1 atom stereocenters. The predicted octanol–water partition coefficient (Wildman–Crippen LogP) is 8.25. The SMILES string of the molecule is CC(C)(C)[C@@H]1CCc2c(sc(N=Cc3cccn3-c3cccc([N+](=O)[O-])c3)c2C(=O)Nc2ccc(Cl)cc2)C1. The van der Waals surface area contributed by atoms with Crippen molar-refractivity contribution >= 4 is 51.4 Å². The van der Waals surface area contributed by atoms with Crippen molar-refractivity contribution in [1.82, 2.24) is 4.57 Å². The number of benzene rings is 2. The van der Waals surface area contributed by atoms with E-state index in [1.165, 1.54) is 17.0 Å². The first-order valence-electron chi connectivity index (χ1n) is 12.8. The molecule has 0 fully saturated rings. The van der Waals surface area contributed by atoms with Crippen LogP contribution in [0.4, 0.5) is 16.4 Å². The number of aromatic nitrogens is 1. The summed E-state index contributed by atoms with van der Waals surface area (Å²) in [6.07, 6.45) is 6.33. The predicted molar refractivity (Wildman–Crippen MR) is 158 cm³/mol. The molecular formula is C30H29ClN4O3S. The van der Waals surface area contributed by atoms with E-state index >= 15 is 0 Å². The van der Waals surface area contributed by atoms with Crippen LogP contribution in [0.5, 0.6) is 0 Å². The van der Waals surface area contributed by atoms with Crippen molar-refractivity contribution in [3.63, 3.8) is 0 Å². The fourth-order valence-electron chi connectivity index (χ4n) is 4.98. The van der Waals surface area contributed by atoms with Crippen molar-refractivity contribution < 1.29 is 9.72 Å². The molecule has 1 aliphatic carbocycles. The number of carbonyl (C=O) groups excluding carboxylic acids is 1. The lowest BCUT2D eigenvalue weighted by Crippen LogP contribution is -2.27. The second-order valence-electron chi connectivity index (χ2n) is 10.8. The smallest absolute Gasteiger partial charge is 0.271 e. The van der Waals surface area contributed by atoms with Gasteiger partial charge >= 0.3 is 0 Å². The third-order valence-corrected chi connectivity index (χ3v) is 8.63. The maximum Gasteiger partial charge on any atom is 0.271 e. The second-order valence-corrected chi connectivity index (χ2v) is 12.3. The van der Waals surface area contributed by atoms with Crippen LogP contribution in [0.1, 0.15) is 53.7 Å². The van der Waals surface area contributed by atoms with Crippen molar-refractivity contribution in [2.24, 2.45) is 16.3 Å². The van der Waals surface area contributed by atoms with E-state index in [-0.39, 0.29) is 17.0 Å². The molecule has 0 spiro atoms. The van der Waals surface area contributed by atoms with Gasteiger partial charge < -0.3 is 9.88 Å². The van der Waals surface area contributed by atoms with Crippen molar-refractivity contribution in [2.75, 3.05) is 5.32 Å². The molecule has 2 heterocycles. The molecule has 0 saturated carbocycles. The third-order valence-electron chi connectivity index (χ3n) is 7.21. The van der Waals surface area contributed by atoms with Gasteiger partial charge in [-0.25, -0.2) is 4.99 Å². The standard InChI is InChI=1S/C30H29ClN4O3S/c1-30(2,3)19-9-14-25-26(16-19)39-29(27(25)28(36)33-21-12-10-20(31)11-13-21)32-18-24-8-5-15-34(24)22-6-4-7-23(17-22)35(37)38/h4-8,10-13,15,17-19H,9,14,16H2,1-3H3,(H,33,36)/t19-/m1/s1. The third kappa shape index (κ3) is 5.82. The summed E-state index contributed by atoms with van der Waals surface area (Å²) in [6.45, 7) is 6.81. The highest BCUT2D eigenvalue weighted by atomic mass is 35.5. The van der Waals surface area contributed by atoms with Gasteiger partial charge in [-0.2, -0.15) is 0 Å². The van der Waals surface area contributed by atoms with Gasteiger partial charge in [0.15, 0.2) is 0 Å². The number of nitro groups is 1. The molecule has 5 rings (SSSR count). The van der Waals surface area contributed by atoms with Crippen molar-refractivity contribution in [1.29, 1.82) is 0 Å². The van der Waals surface area contributed by atoms with Crippen LogP contribution in [-0.2, 0) is 12.8 Å². The highest BCUT2D eigenvalue weighted by Crippen LogP contribution is 2.45. The lowest BCUT2D eigenvalue weighted by atomic mass is 9.72. The summed E-state index contributed by atoms with van der Waals surface area (Å²) in [5, 5.41) is 15.6. The zero-order valence-corrected chi connectivity index (χ0v) is 23.6. The van der Waals surface area contributed by atoms with Crippen LogP contribution in [0.25, 0.3) is 5.69 Å². The van der Waals surface area contributed by atoms with Gasteiger partial charge in [-0.15, -0.1) is 11.3 Å². The van der Waals surface area contributed by atoms with Gasteiger partial charge in [-0.05, 0) is 78.6 Å². The number of anilines is 1. The molecule has 0 bridgehead atoms. The number of thiophene rings is 1. The minimum absolute atomic E-state index is 0.0181. The molecule has 1 amide bonds. The molecule has 200 valence electrons. The largest absolute Gasteiger partial charge is 0.322 e. The number of hydrogen-bond donors (Lipinski definition) is 1. The van der Waals surface area contributed by atoms with Gasteiger partial charge in [0, 0.05) is 33.9 Å². The molecule has 7 nitrogen and oxygen atoms in total. The molecule has 1 N–H and O–H groups in total. The molecule has 9 heteroatoms. The second kappa shape index (κ2) is 10.8. The molecular weight excluding hydrogens is 532 g/mol. The van der Waals surface area contributed by atoms with Crippen molar-refractivity contribution in [3.8, 4) is 5.69 Å². The Bertz CT molecular complexity index is 1560. The average Bonchev–Trinajstić information content (AvgIpc) is 3.52. The number of nitrogens with one attached hydrogen (secondary N) is 1. The maximum atomic E-state index is 13.6. The molecule has 0 saturated heterocycles. The number of nitrogens with zero attached hydrogens (tertiary/aromatic N) is 3. The van der Waals surface area contributed by atoms with Crippen LogP contribution in [0.2, 0.25) is 5.02 Å². The normalized spacial score (nSPS) is 15.3. The lowest BCUT2D eigenvalue weighted by molar-refractivity contribution is -0.384. The van der Waals surface area contributed by atoms with E-state index in [2.05, 4.69) is 26.1 Å². The topological polar surface area (TPSA) is 89.5 Å². The Hall–Kier alpha value is -3.75. The van der Waals surface area contributed by atoms with Crippen molar-refractivity contribution in [3.05, 3.63) is 104 Å². The number of hydrogen-bond acceptors (Lipinski definition) is 5. The van der Waals surface area contributed by atoms with E-state index in [1.54, 1.807) is 47.9 Å². The van der Waals surface area contributed by atoms with Crippen LogP contribution in [0.3, 0.4) is 0 Å². The number of rotatable bonds is 6. The van der Waals surface area contributed by atoms with E-state index in [9.17, 15) is 14.9 Å². The van der Waals surface area contributed by atoms with E-state index in [1.807, 2.05) is 29.0 Å². The Kier molecular flexibility index (Phi) is 7.42. The molecule has 0 radical (unpaired) electrons. The molecule has 1 aliphatic rings. The summed E-state index contributed by atoms with van der Waals surface area (Å²) in [6, 6.07) is 17.3. The Labute approximate surface area is 236 Å². The molecule has 2 aromatic heterocycles. The van der Waals surface area contributed by atoms with Gasteiger partial charge in [0.2, 0.25) is 0 Å². The quantitative estimate of drug-likeness (QED) is 0.146. The molecule has 2 aromatic carbocycles. The summed E-state index contributed by atoms with van der Waals surface area (Å²) < 4.78 is 1.84. The summed E-state index contributed by atoms with van der Waals surface area (Å²) in [4.78, 5) is 30.5. The van der Waals surface area contributed by atoms with Crippen LogP contribution < -0.4 is 5.32 Å². The Morgan fingerprint density at radius 1 is 1.18 bits per heavy atom. The highest BCUT2D eigenvalue weighted by molar-refractivity contribution is 7.16. The summed E-state index contributed by atoms with van der Waals surface area (Å²) >= 11 is 7.60. The van der Waals surface area contributed by atoms with Crippen LogP contribution in [0, 0.1) is 21.4 Å². The minimum atomic E-state index is -0.409. The number of aliphatic imine (C=N–C) groups is 1. The summed E-state index contributed by atoms with van der Waals surface area (Å²) in [7, 11) is 0. The van der Waals surface area contributed by atoms with E-state index in [4.69, 9.17) is 16.6 Å². The van der Waals surface area contributed by atoms with Crippen LogP contribution in [-0.4, -0.2) is 21.6 Å². The van der Waals surface area contributed by atoms with Gasteiger partial charge in [-0.1, -0.05) is 38.4 Å².